The highest BCUT2D eigenvalue weighted by molar-refractivity contribution is 5.97. The second-order valence-corrected chi connectivity index (χ2v) is 5.87. The van der Waals surface area contributed by atoms with Crippen LogP contribution in [0.25, 0.3) is 22.4 Å². The number of carbonyl (C=O) groups is 1. The van der Waals surface area contributed by atoms with Crippen LogP contribution in [0.4, 0.5) is 4.39 Å². The molecule has 5 nitrogen and oxygen atoms in total. The molecule has 0 radical (unpaired) electrons. The zero-order valence-electron chi connectivity index (χ0n) is 13.7. The number of hydrogen-bond donors (Lipinski definition) is 2. The van der Waals surface area contributed by atoms with Crippen LogP contribution in [0.15, 0.2) is 67.0 Å². The second-order valence-electron chi connectivity index (χ2n) is 5.87. The zero-order chi connectivity index (χ0) is 17.9. The van der Waals surface area contributed by atoms with Crippen LogP contribution in [0, 0.1) is 5.82 Å². The number of H-pyrrole nitrogens is 1. The lowest BCUT2D eigenvalue weighted by atomic mass is 10.2. The van der Waals surface area contributed by atoms with Crippen molar-refractivity contribution in [2.75, 3.05) is 0 Å². The Balaban J connectivity index is 1.55. The molecule has 0 aliphatic rings. The summed E-state index contributed by atoms with van der Waals surface area (Å²) in [5.41, 5.74) is 3.74. The first-order chi connectivity index (χ1) is 12.7. The van der Waals surface area contributed by atoms with Crippen LogP contribution in [-0.4, -0.2) is 20.9 Å². The molecule has 0 spiro atoms. The average Bonchev–Trinajstić information content (AvgIpc) is 3.10. The van der Waals surface area contributed by atoms with E-state index in [1.54, 1.807) is 42.7 Å². The Labute approximate surface area is 148 Å². The highest BCUT2D eigenvalue weighted by Crippen LogP contribution is 2.21. The topological polar surface area (TPSA) is 70.7 Å². The van der Waals surface area contributed by atoms with E-state index in [4.69, 9.17) is 0 Å². The van der Waals surface area contributed by atoms with Crippen molar-refractivity contribution in [3.63, 3.8) is 0 Å². The van der Waals surface area contributed by atoms with E-state index in [9.17, 15) is 9.18 Å². The van der Waals surface area contributed by atoms with Crippen molar-refractivity contribution in [3.8, 4) is 11.4 Å². The van der Waals surface area contributed by atoms with E-state index in [1.807, 2.05) is 12.1 Å². The maximum absolute atomic E-state index is 13.1. The normalized spacial score (nSPS) is 10.8. The lowest BCUT2D eigenvalue weighted by molar-refractivity contribution is 0.0951. The third-order valence-electron chi connectivity index (χ3n) is 4.04. The van der Waals surface area contributed by atoms with Gasteiger partial charge in [0, 0.05) is 30.1 Å². The summed E-state index contributed by atoms with van der Waals surface area (Å²) in [6.45, 7) is 0.411. The summed E-state index contributed by atoms with van der Waals surface area (Å²) in [5.74, 6) is 0.166. The summed E-state index contributed by atoms with van der Waals surface area (Å²) in [6.07, 6.45) is 3.41. The molecule has 0 unspecified atom stereocenters. The van der Waals surface area contributed by atoms with Gasteiger partial charge in [-0.25, -0.2) is 9.37 Å². The van der Waals surface area contributed by atoms with E-state index >= 15 is 0 Å². The van der Waals surface area contributed by atoms with Crippen LogP contribution in [0.2, 0.25) is 0 Å². The Morgan fingerprint density at radius 1 is 1.12 bits per heavy atom. The number of nitrogens with one attached hydrogen (secondary N) is 2. The van der Waals surface area contributed by atoms with Gasteiger partial charge in [-0.1, -0.05) is 6.07 Å². The van der Waals surface area contributed by atoms with E-state index < -0.39 is 0 Å². The van der Waals surface area contributed by atoms with E-state index in [0.29, 0.717) is 17.9 Å². The van der Waals surface area contributed by atoms with Gasteiger partial charge >= 0.3 is 0 Å². The molecule has 2 heterocycles. The predicted octanol–water partition coefficient (Wildman–Crippen LogP) is 3.69. The molecule has 0 aliphatic heterocycles. The van der Waals surface area contributed by atoms with E-state index in [1.165, 1.54) is 12.1 Å². The van der Waals surface area contributed by atoms with Gasteiger partial charge in [0.1, 0.15) is 11.6 Å². The quantitative estimate of drug-likeness (QED) is 0.592. The molecular weight excluding hydrogens is 331 g/mol. The largest absolute Gasteiger partial charge is 0.348 e. The number of nitrogens with zero attached hydrogens (tertiary/aromatic N) is 2. The number of benzene rings is 2. The Bertz CT molecular complexity index is 1060. The molecule has 4 aromatic rings. The molecule has 128 valence electrons. The number of aromatic amines is 1. The zero-order valence-corrected chi connectivity index (χ0v) is 13.7. The van der Waals surface area contributed by atoms with Gasteiger partial charge in [-0.15, -0.1) is 0 Å². The molecule has 1 amide bonds. The van der Waals surface area contributed by atoms with Crippen molar-refractivity contribution < 1.29 is 9.18 Å². The summed E-state index contributed by atoms with van der Waals surface area (Å²) in [5, 5.41) is 2.87. The maximum atomic E-state index is 13.1. The molecule has 2 aromatic carbocycles. The van der Waals surface area contributed by atoms with Crippen LogP contribution in [0.5, 0.6) is 0 Å². The number of fused-ring (bicyclic) bond motifs is 1. The Kier molecular flexibility index (Phi) is 4.15. The minimum absolute atomic E-state index is 0.173. The van der Waals surface area contributed by atoms with Gasteiger partial charge in [0.05, 0.1) is 11.0 Å². The minimum Gasteiger partial charge on any atom is -0.348 e. The molecule has 2 aromatic heterocycles. The van der Waals surface area contributed by atoms with Gasteiger partial charge in [-0.3, -0.25) is 9.78 Å². The van der Waals surface area contributed by atoms with Crippen molar-refractivity contribution in [2.45, 2.75) is 6.54 Å². The van der Waals surface area contributed by atoms with Crippen molar-refractivity contribution in [1.82, 2.24) is 20.3 Å². The van der Waals surface area contributed by atoms with Gasteiger partial charge in [-0.2, -0.15) is 0 Å². The lowest BCUT2D eigenvalue weighted by Crippen LogP contribution is -2.22. The summed E-state index contributed by atoms with van der Waals surface area (Å²) in [4.78, 5) is 24.1. The van der Waals surface area contributed by atoms with Gasteiger partial charge in [-0.05, 0) is 54.1 Å². The lowest BCUT2D eigenvalue weighted by Gasteiger charge is -2.05. The molecule has 4 rings (SSSR count). The third kappa shape index (κ3) is 3.30. The molecule has 0 saturated heterocycles. The Hall–Kier alpha value is -3.54. The first-order valence-corrected chi connectivity index (χ1v) is 8.12. The fraction of sp³-hybridized carbons (Fsp3) is 0.0500. The predicted molar refractivity (Wildman–Crippen MR) is 96.9 cm³/mol. The number of amides is 1. The fourth-order valence-corrected chi connectivity index (χ4v) is 2.68. The summed E-state index contributed by atoms with van der Waals surface area (Å²) < 4.78 is 13.1. The van der Waals surface area contributed by atoms with Crippen LogP contribution in [-0.2, 0) is 6.54 Å². The van der Waals surface area contributed by atoms with Crippen LogP contribution in [0.1, 0.15) is 15.9 Å². The third-order valence-corrected chi connectivity index (χ3v) is 4.04. The number of imidazole rings is 1. The molecule has 0 fully saturated rings. The van der Waals surface area contributed by atoms with E-state index in [0.717, 1.165) is 22.2 Å². The van der Waals surface area contributed by atoms with Crippen molar-refractivity contribution >= 4 is 16.9 Å². The Morgan fingerprint density at radius 2 is 1.96 bits per heavy atom. The first kappa shape index (κ1) is 16.0. The first-order valence-electron chi connectivity index (χ1n) is 8.12. The summed E-state index contributed by atoms with van der Waals surface area (Å²) >= 11 is 0. The molecule has 6 heteroatoms. The van der Waals surface area contributed by atoms with Crippen molar-refractivity contribution in [2.24, 2.45) is 0 Å². The maximum Gasteiger partial charge on any atom is 0.251 e. The molecule has 0 aliphatic carbocycles. The molecular formula is C20H15FN4O. The van der Waals surface area contributed by atoms with Gasteiger partial charge in [0.15, 0.2) is 0 Å². The summed E-state index contributed by atoms with van der Waals surface area (Å²) in [7, 11) is 0. The van der Waals surface area contributed by atoms with Crippen molar-refractivity contribution in [3.05, 3.63) is 83.9 Å². The highest BCUT2D eigenvalue weighted by Gasteiger charge is 2.10. The van der Waals surface area contributed by atoms with Gasteiger partial charge in [0.2, 0.25) is 0 Å². The average molecular weight is 346 g/mol. The van der Waals surface area contributed by atoms with Crippen molar-refractivity contribution in [1.29, 1.82) is 0 Å². The fourth-order valence-electron chi connectivity index (χ4n) is 2.68. The highest BCUT2D eigenvalue weighted by atomic mass is 19.1. The minimum atomic E-state index is -0.294. The van der Waals surface area contributed by atoms with Crippen LogP contribution in [0.3, 0.4) is 0 Å². The molecule has 0 bridgehead atoms. The van der Waals surface area contributed by atoms with Gasteiger partial charge < -0.3 is 10.3 Å². The number of aromatic nitrogens is 3. The number of hydrogen-bond acceptors (Lipinski definition) is 3. The number of rotatable bonds is 4. The molecule has 26 heavy (non-hydrogen) atoms. The number of carbonyl (C=O) groups excluding carboxylic acids is 1. The molecule has 0 atom stereocenters. The van der Waals surface area contributed by atoms with E-state index in [-0.39, 0.29) is 11.7 Å². The van der Waals surface area contributed by atoms with E-state index in [2.05, 4.69) is 20.3 Å². The monoisotopic (exact) mass is 346 g/mol. The Morgan fingerprint density at radius 3 is 2.73 bits per heavy atom. The van der Waals surface area contributed by atoms with Gasteiger partial charge in [0.25, 0.3) is 5.91 Å². The summed E-state index contributed by atoms with van der Waals surface area (Å²) in [6, 6.07) is 15.1. The number of halogens is 1. The van der Waals surface area contributed by atoms with Crippen LogP contribution >= 0.6 is 0 Å². The smallest absolute Gasteiger partial charge is 0.251 e. The second kappa shape index (κ2) is 6.76. The SMILES string of the molecule is O=C(NCc1cccnc1)c1ccc2nc(-c3ccc(F)cc3)[nH]c2c1. The molecule has 2 N–H and O–H groups in total. The van der Waals surface area contributed by atoms with Crippen LogP contribution < -0.4 is 5.32 Å². The standard InChI is InChI=1S/C20H15FN4O/c21-16-6-3-14(4-7-16)19-24-17-8-5-15(10-18(17)25-19)20(26)23-12-13-2-1-9-22-11-13/h1-11H,12H2,(H,23,26)(H,24,25). The molecule has 0 saturated carbocycles. The number of pyridine rings is 1.